The van der Waals surface area contributed by atoms with Gasteiger partial charge in [0.05, 0.1) is 18.5 Å². The summed E-state index contributed by atoms with van der Waals surface area (Å²) in [4.78, 5) is 2.17. The molecule has 0 aromatic heterocycles. The molecule has 16 heavy (non-hydrogen) atoms. The van der Waals surface area contributed by atoms with E-state index in [1.54, 1.807) is 7.11 Å². The number of nitrogens with one attached hydrogen (secondary N) is 2. The third-order valence-corrected chi connectivity index (χ3v) is 3.32. The standard InChI is InChI=1S/C12H25N3O/c1-4-15(10(2)9-16-3)12(13)11-5-7-14-8-6-11/h10-11,13-14H,4-9H2,1-3H3/t10-/m1/s1. The smallest absolute Gasteiger partial charge is 0.0993 e. The molecule has 1 aliphatic heterocycles. The quantitative estimate of drug-likeness (QED) is 0.550. The summed E-state index contributed by atoms with van der Waals surface area (Å²) in [5.74, 6) is 1.23. The van der Waals surface area contributed by atoms with Gasteiger partial charge in [0.2, 0.25) is 0 Å². The topological polar surface area (TPSA) is 48.4 Å². The van der Waals surface area contributed by atoms with Gasteiger partial charge >= 0.3 is 0 Å². The van der Waals surface area contributed by atoms with Gasteiger partial charge in [-0.3, -0.25) is 5.41 Å². The van der Waals surface area contributed by atoms with E-state index >= 15 is 0 Å². The van der Waals surface area contributed by atoms with Crippen LogP contribution in [0.25, 0.3) is 0 Å². The van der Waals surface area contributed by atoms with E-state index in [0.29, 0.717) is 18.6 Å². The molecule has 1 saturated heterocycles. The van der Waals surface area contributed by atoms with Gasteiger partial charge < -0.3 is 15.0 Å². The number of rotatable bonds is 5. The summed E-state index contributed by atoms with van der Waals surface area (Å²) in [5, 5.41) is 11.6. The molecular formula is C12H25N3O. The number of ether oxygens (including phenoxy) is 1. The zero-order valence-corrected chi connectivity index (χ0v) is 10.8. The first-order chi connectivity index (χ1) is 7.70. The Morgan fingerprint density at radius 2 is 2.12 bits per heavy atom. The second kappa shape index (κ2) is 6.86. The van der Waals surface area contributed by atoms with Crippen molar-refractivity contribution in [3.8, 4) is 0 Å². The predicted molar refractivity (Wildman–Crippen MR) is 67.0 cm³/mol. The van der Waals surface area contributed by atoms with Gasteiger partial charge in [0.15, 0.2) is 0 Å². The van der Waals surface area contributed by atoms with Crippen LogP contribution in [-0.4, -0.2) is 50.1 Å². The van der Waals surface area contributed by atoms with Crippen molar-refractivity contribution in [3.63, 3.8) is 0 Å². The highest BCUT2D eigenvalue weighted by Crippen LogP contribution is 2.17. The highest BCUT2D eigenvalue weighted by Gasteiger charge is 2.24. The van der Waals surface area contributed by atoms with Crippen molar-refractivity contribution in [1.82, 2.24) is 10.2 Å². The summed E-state index contributed by atoms with van der Waals surface area (Å²) >= 11 is 0. The minimum atomic E-state index is 0.303. The average molecular weight is 227 g/mol. The van der Waals surface area contributed by atoms with Crippen LogP contribution in [0.2, 0.25) is 0 Å². The van der Waals surface area contributed by atoms with Crippen LogP contribution in [0.4, 0.5) is 0 Å². The van der Waals surface area contributed by atoms with Crippen LogP contribution in [0, 0.1) is 11.3 Å². The van der Waals surface area contributed by atoms with Crippen molar-refractivity contribution in [2.45, 2.75) is 32.7 Å². The van der Waals surface area contributed by atoms with Crippen molar-refractivity contribution in [2.75, 3.05) is 33.4 Å². The van der Waals surface area contributed by atoms with Gasteiger partial charge in [0.25, 0.3) is 0 Å². The molecule has 2 N–H and O–H groups in total. The lowest BCUT2D eigenvalue weighted by molar-refractivity contribution is 0.134. The maximum atomic E-state index is 8.29. The van der Waals surface area contributed by atoms with Gasteiger partial charge in [-0.25, -0.2) is 0 Å². The minimum Gasteiger partial charge on any atom is -0.383 e. The lowest BCUT2D eigenvalue weighted by atomic mass is 9.95. The number of amidine groups is 1. The lowest BCUT2D eigenvalue weighted by Crippen LogP contribution is -2.46. The van der Waals surface area contributed by atoms with Crippen LogP contribution in [0.1, 0.15) is 26.7 Å². The van der Waals surface area contributed by atoms with Crippen molar-refractivity contribution >= 4 is 5.84 Å². The summed E-state index contributed by atoms with van der Waals surface area (Å²) in [7, 11) is 1.72. The summed E-state index contributed by atoms with van der Waals surface area (Å²) in [6.07, 6.45) is 2.18. The van der Waals surface area contributed by atoms with E-state index in [1.165, 1.54) is 0 Å². The van der Waals surface area contributed by atoms with E-state index in [1.807, 2.05) is 0 Å². The molecule has 0 bridgehead atoms. The number of hydrogen-bond acceptors (Lipinski definition) is 3. The lowest BCUT2D eigenvalue weighted by Gasteiger charge is -2.35. The summed E-state index contributed by atoms with van der Waals surface area (Å²) < 4.78 is 5.17. The summed E-state index contributed by atoms with van der Waals surface area (Å²) in [6, 6.07) is 0.303. The Balaban J connectivity index is 2.53. The molecule has 4 heteroatoms. The zero-order chi connectivity index (χ0) is 12.0. The van der Waals surface area contributed by atoms with Crippen molar-refractivity contribution in [2.24, 2.45) is 5.92 Å². The molecule has 0 spiro atoms. The van der Waals surface area contributed by atoms with Gasteiger partial charge in [-0.1, -0.05) is 0 Å². The number of likely N-dealkylation sites (N-methyl/N-ethyl adjacent to an activating group) is 1. The molecule has 94 valence electrons. The van der Waals surface area contributed by atoms with E-state index in [0.717, 1.165) is 38.3 Å². The highest BCUT2D eigenvalue weighted by molar-refractivity contribution is 5.82. The molecule has 0 unspecified atom stereocenters. The van der Waals surface area contributed by atoms with Crippen LogP contribution in [0.5, 0.6) is 0 Å². The minimum absolute atomic E-state index is 0.303. The molecule has 1 aliphatic rings. The molecule has 0 aliphatic carbocycles. The molecule has 1 heterocycles. The fourth-order valence-electron chi connectivity index (χ4n) is 2.38. The number of methoxy groups -OCH3 is 1. The Bertz CT molecular complexity index is 214. The number of nitrogens with zero attached hydrogens (tertiary/aromatic N) is 1. The van der Waals surface area contributed by atoms with Crippen molar-refractivity contribution in [3.05, 3.63) is 0 Å². The van der Waals surface area contributed by atoms with Gasteiger partial charge in [0, 0.05) is 19.6 Å². The number of piperidine rings is 1. The second-order valence-electron chi connectivity index (χ2n) is 4.50. The monoisotopic (exact) mass is 227 g/mol. The van der Waals surface area contributed by atoms with Crippen LogP contribution in [-0.2, 0) is 4.74 Å². The average Bonchev–Trinajstić information content (AvgIpc) is 2.31. The normalized spacial score (nSPS) is 19.4. The first-order valence-corrected chi connectivity index (χ1v) is 6.25. The maximum absolute atomic E-state index is 8.29. The molecule has 1 atom stereocenters. The largest absolute Gasteiger partial charge is 0.383 e. The fraction of sp³-hybridized carbons (Fsp3) is 0.917. The first kappa shape index (κ1) is 13.5. The van der Waals surface area contributed by atoms with Crippen LogP contribution in [0.3, 0.4) is 0 Å². The van der Waals surface area contributed by atoms with Gasteiger partial charge in [-0.05, 0) is 39.8 Å². The summed E-state index contributed by atoms with van der Waals surface area (Å²) in [5.41, 5.74) is 0. The Labute approximate surface area is 98.9 Å². The van der Waals surface area contributed by atoms with Crippen LogP contribution >= 0.6 is 0 Å². The molecule has 0 amide bonds. The molecule has 1 rings (SSSR count). The Hall–Kier alpha value is -0.610. The molecule has 4 nitrogen and oxygen atoms in total. The zero-order valence-electron chi connectivity index (χ0n) is 10.8. The van der Waals surface area contributed by atoms with Gasteiger partial charge in [-0.15, -0.1) is 0 Å². The predicted octanol–water partition coefficient (Wildman–Crippen LogP) is 1.32. The van der Waals surface area contributed by atoms with E-state index < -0.39 is 0 Å². The van der Waals surface area contributed by atoms with Crippen molar-refractivity contribution < 1.29 is 4.74 Å². The van der Waals surface area contributed by atoms with E-state index in [2.05, 4.69) is 24.1 Å². The molecule has 1 fully saturated rings. The Morgan fingerprint density at radius 3 is 2.62 bits per heavy atom. The van der Waals surface area contributed by atoms with Gasteiger partial charge in [0.1, 0.15) is 0 Å². The van der Waals surface area contributed by atoms with Crippen LogP contribution in [0.15, 0.2) is 0 Å². The highest BCUT2D eigenvalue weighted by atomic mass is 16.5. The number of hydrogen-bond donors (Lipinski definition) is 2. The third kappa shape index (κ3) is 3.46. The third-order valence-electron chi connectivity index (χ3n) is 3.32. The second-order valence-corrected chi connectivity index (χ2v) is 4.50. The van der Waals surface area contributed by atoms with Crippen molar-refractivity contribution in [1.29, 1.82) is 5.41 Å². The Morgan fingerprint density at radius 1 is 1.50 bits per heavy atom. The van der Waals surface area contributed by atoms with E-state index in [-0.39, 0.29) is 0 Å². The molecule has 0 aromatic carbocycles. The molecule has 0 saturated carbocycles. The molecule has 0 aromatic rings. The SMILES string of the molecule is CCN(C(=N)C1CCNCC1)[C@H](C)COC. The molecule has 0 radical (unpaired) electrons. The summed E-state index contributed by atoms with van der Waals surface area (Å²) in [6.45, 7) is 7.92. The Kier molecular flexibility index (Phi) is 5.77. The first-order valence-electron chi connectivity index (χ1n) is 6.25. The molecular weight excluding hydrogens is 202 g/mol. The van der Waals surface area contributed by atoms with Crippen LogP contribution < -0.4 is 5.32 Å². The van der Waals surface area contributed by atoms with Gasteiger partial charge in [-0.2, -0.15) is 0 Å². The maximum Gasteiger partial charge on any atom is 0.0993 e. The fourth-order valence-corrected chi connectivity index (χ4v) is 2.38. The van der Waals surface area contributed by atoms with E-state index in [9.17, 15) is 0 Å². The van der Waals surface area contributed by atoms with E-state index in [4.69, 9.17) is 10.1 Å².